The van der Waals surface area contributed by atoms with Gasteiger partial charge in [0.2, 0.25) is 0 Å². The van der Waals surface area contributed by atoms with Crippen molar-refractivity contribution in [3.8, 4) is 0 Å². The molecule has 1 saturated carbocycles. The van der Waals surface area contributed by atoms with Crippen molar-refractivity contribution in [1.82, 2.24) is 19.6 Å². The van der Waals surface area contributed by atoms with Crippen molar-refractivity contribution >= 4 is 0 Å². The zero-order chi connectivity index (χ0) is 14.3. The summed E-state index contributed by atoms with van der Waals surface area (Å²) in [6.07, 6.45) is 11.4. The lowest BCUT2D eigenvalue weighted by molar-refractivity contribution is 0.0869. The highest BCUT2D eigenvalue weighted by Crippen LogP contribution is 2.41. The molecule has 4 heteroatoms. The summed E-state index contributed by atoms with van der Waals surface area (Å²) in [6, 6.07) is 0. The van der Waals surface area contributed by atoms with Gasteiger partial charge in [-0.1, -0.05) is 0 Å². The molecule has 0 N–H and O–H groups in total. The third kappa shape index (κ3) is 3.16. The monoisotopic (exact) mass is 288 g/mol. The Labute approximate surface area is 128 Å². The van der Waals surface area contributed by atoms with Gasteiger partial charge in [-0.3, -0.25) is 9.58 Å². The first kappa shape index (κ1) is 13.8. The van der Waals surface area contributed by atoms with Gasteiger partial charge in [0.05, 0.1) is 6.20 Å². The fraction of sp³-hybridized carbons (Fsp3) is 0.824. The summed E-state index contributed by atoms with van der Waals surface area (Å²) in [4.78, 5) is 5.42. The van der Waals surface area contributed by atoms with Gasteiger partial charge in [-0.15, -0.1) is 0 Å². The summed E-state index contributed by atoms with van der Waals surface area (Å²) in [5, 5.41) is 4.30. The second-order valence-electron chi connectivity index (χ2n) is 7.76. The van der Waals surface area contributed by atoms with Gasteiger partial charge in [0.15, 0.2) is 0 Å². The normalized spacial score (nSPS) is 31.3. The molecule has 0 radical (unpaired) electrons. The quantitative estimate of drug-likeness (QED) is 0.848. The van der Waals surface area contributed by atoms with E-state index >= 15 is 0 Å². The minimum atomic E-state index is 0.593. The van der Waals surface area contributed by atoms with Crippen molar-refractivity contribution < 1.29 is 0 Å². The van der Waals surface area contributed by atoms with E-state index in [-0.39, 0.29) is 0 Å². The van der Waals surface area contributed by atoms with Crippen LogP contribution in [0.15, 0.2) is 12.4 Å². The van der Waals surface area contributed by atoms with E-state index in [1.807, 2.05) is 17.9 Å². The van der Waals surface area contributed by atoms with Crippen LogP contribution in [0, 0.1) is 11.3 Å². The third-order valence-corrected chi connectivity index (χ3v) is 5.64. The first-order chi connectivity index (χ1) is 10.2. The Hall–Kier alpha value is -0.870. The molecule has 3 heterocycles. The van der Waals surface area contributed by atoms with Crippen LogP contribution in [-0.4, -0.2) is 52.3 Å². The molecule has 116 valence electrons. The molecule has 0 amide bonds. The molecule has 0 bridgehead atoms. The Morgan fingerprint density at radius 1 is 1.19 bits per heavy atom. The van der Waals surface area contributed by atoms with Gasteiger partial charge in [-0.25, -0.2) is 0 Å². The van der Waals surface area contributed by atoms with Gasteiger partial charge >= 0.3 is 0 Å². The topological polar surface area (TPSA) is 24.3 Å². The average Bonchev–Trinajstić information content (AvgIpc) is 3.06. The van der Waals surface area contributed by atoms with Crippen molar-refractivity contribution in [3.63, 3.8) is 0 Å². The predicted octanol–water partition coefficient (Wildman–Crippen LogP) is 2.12. The molecule has 1 aliphatic carbocycles. The molecule has 0 aromatic carbocycles. The molecule has 0 unspecified atom stereocenters. The van der Waals surface area contributed by atoms with Crippen molar-refractivity contribution in [2.45, 2.75) is 38.6 Å². The largest absolute Gasteiger partial charge is 0.302 e. The summed E-state index contributed by atoms with van der Waals surface area (Å²) < 4.78 is 1.92. The van der Waals surface area contributed by atoms with Crippen molar-refractivity contribution in [2.24, 2.45) is 18.4 Å². The second-order valence-corrected chi connectivity index (χ2v) is 7.76. The minimum absolute atomic E-state index is 0.593. The van der Waals surface area contributed by atoms with Crippen molar-refractivity contribution in [2.75, 3.05) is 32.7 Å². The van der Waals surface area contributed by atoms with Crippen LogP contribution >= 0.6 is 0 Å². The van der Waals surface area contributed by atoms with Crippen LogP contribution in [-0.2, 0) is 13.6 Å². The molecular weight excluding hydrogens is 260 g/mol. The van der Waals surface area contributed by atoms with Gasteiger partial charge in [0.1, 0.15) is 0 Å². The van der Waals surface area contributed by atoms with Gasteiger partial charge in [-0.2, -0.15) is 5.10 Å². The van der Waals surface area contributed by atoms with Crippen LogP contribution in [0.25, 0.3) is 0 Å². The smallest absolute Gasteiger partial charge is 0.0534 e. The van der Waals surface area contributed by atoms with E-state index in [0.29, 0.717) is 5.41 Å². The lowest BCUT2D eigenvalue weighted by Crippen LogP contribution is -2.44. The maximum atomic E-state index is 4.30. The lowest BCUT2D eigenvalue weighted by Gasteiger charge is -2.40. The molecule has 4 nitrogen and oxygen atoms in total. The summed E-state index contributed by atoms with van der Waals surface area (Å²) >= 11 is 0. The van der Waals surface area contributed by atoms with E-state index < -0.39 is 0 Å². The molecule has 2 saturated heterocycles. The Bertz CT molecular complexity index is 493. The molecule has 1 spiro atoms. The number of hydrogen-bond donors (Lipinski definition) is 0. The summed E-state index contributed by atoms with van der Waals surface area (Å²) in [5.74, 6) is 1.04. The molecule has 1 atom stereocenters. The molecule has 1 aromatic heterocycles. The number of rotatable bonds is 4. The van der Waals surface area contributed by atoms with Gasteiger partial charge in [0, 0.05) is 45.0 Å². The highest BCUT2D eigenvalue weighted by atomic mass is 15.2. The van der Waals surface area contributed by atoms with Crippen LogP contribution in [0.2, 0.25) is 0 Å². The maximum Gasteiger partial charge on any atom is 0.0534 e. The first-order valence-corrected chi connectivity index (χ1v) is 8.63. The van der Waals surface area contributed by atoms with Gasteiger partial charge < -0.3 is 4.90 Å². The Kier molecular flexibility index (Phi) is 3.54. The van der Waals surface area contributed by atoms with E-state index in [1.54, 1.807) is 0 Å². The van der Waals surface area contributed by atoms with Crippen LogP contribution in [0.4, 0.5) is 0 Å². The highest BCUT2D eigenvalue weighted by Gasteiger charge is 2.42. The van der Waals surface area contributed by atoms with Gasteiger partial charge in [-0.05, 0) is 56.5 Å². The van der Waals surface area contributed by atoms with Crippen molar-refractivity contribution in [3.05, 3.63) is 18.0 Å². The first-order valence-electron chi connectivity index (χ1n) is 8.63. The number of piperidine rings is 1. The number of hydrogen-bond acceptors (Lipinski definition) is 3. The van der Waals surface area contributed by atoms with Crippen LogP contribution in [0.3, 0.4) is 0 Å². The molecular formula is C17H28N4. The molecule has 3 aliphatic rings. The molecule has 3 fully saturated rings. The fourth-order valence-corrected chi connectivity index (χ4v) is 4.44. The molecule has 2 aliphatic heterocycles. The van der Waals surface area contributed by atoms with E-state index in [1.165, 1.54) is 70.4 Å². The Balaban J connectivity index is 1.36. The van der Waals surface area contributed by atoms with Crippen LogP contribution < -0.4 is 0 Å². The minimum Gasteiger partial charge on any atom is -0.302 e. The third-order valence-electron chi connectivity index (χ3n) is 5.64. The Morgan fingerprint density at radius 3 is 2.81 bits per heavy atom. The molecule has 4 rings (SSSR count). The van der Waals surface area contributed by atoms with E-state index in [9.17, 15) is 0 Å². The zero-order valence-electron chi connectivity index (χ0n) is 13.3. The van der Waals surface area contributed by atoms with E-state index in [0.717, 1.165) is 12.5 Å². The van der Waals surface area contributed by atoms with Crippen LogP contribution in [0.1, 0.15) is 37.7 Å². The maximum absolute atomic E-state index is 4.30. The molecule has 1 aromatic rings. The Morgan fingerprint density at radius 2 is 2.05 bits per heavy atom. The SMILES string of the molecule is Cn1cc(CN2CCC[C@]3(CCN(CC4CC4)C3)C2)cn1. The van der Waals surface area contributed by atoms with Gasteiger partial charge in [0.25, 0.3) is 0 Å². The van der Waals surface area contributed by atoms with Crippen molar-refractivity contribution in [1.29, 1.82) is 0 Å². The van der Waals surface area contributed by atoms with E-state index in [2.05, 4.69) is 21.1 Å². The number of aryl methyl sites for hydroxylation is 1. The number of nitrogens with zero attached hydrogens (tertiary/aromatic N) is 4. The van der Waals surface area contributed by atoms with Crippen LogP contribution in [0.5, 0.6) is 0 Å². The standard InChI is InChI=1S/C17H28N4/c1-19-10-16(9-18-19)12-20-7-2-5-17(13-20)6-8-21(14-17)11-15-3-4-15/h9-10,15H,2-8,11-14H2,1H3/t17-/m0/s1. The summed E-state index contributed by atoms with van der Waals surface area (Å²) in [6.45, 7) is 7.72. The lowest BCUT2D eigenvalue weighted by atomic mass is 9.79. The average molecular weight is 288 g/mol. The number of likely N-dealkylation sites (tertiary alicyclic amines) is 2. The summed E-state index contributed by atoms with van der Waals surface area (Å²) in [7, 11) is 2.01. The molecule has 21 heavy (non-hydrogen) atoms. The number of aromatic nitrogens is 2. The van der Waals surface area contributed by atoms with E-state index in [4.69, 9.17) is 0 Å². The highest BCUT2D eigenvalue weighted by molar-refractivity contribution is 5.05. The second kappa shape index (κ2) is 5.40. The fourth-order valence-electron chi connectivity index (χ4n) is 4.44. The predicted molar refractivity (Wildman–Crippen MR) is 83.9 cm³/mol. The zero-order valence-corrected chi connectivity index (χ0v) is 13.3. The summed E-state index contributed by atoms with van der Waals surface area (Å²) in [5.41, 5.74) is 1.96.